The molecule has 0 saturated heterocycles. The molecule has 0 atom stereocenters. The average molecular weight is 442 g/mol. The van der Waals surface area contributed by atoms with Gasteiger partial charge in [0, 0.05) is 5.69 Å². The molecule has 0 aliphatic rings. The normalized spacial score (nSPS) is 11.0. The van der Waals surface area contributed by atoms with Crippen LogP contribution in [0.3, 0.4) is 0 Å². The molecule has 0 spiro atoms. The van der Waals surface area contributed by atoms with Gasteiger partial charge >= 0.3 is 0 Å². The highest BCUT2D eigenvalue weighted by molar-refractivity contribution is 6.16. The lowest BCUT2D eigenvalue weighted by molar-refractivity contribution is -0.118. The van der Waals surface area contributed by atoms with E-state index in [1.165, 1.54) is 6.20 Å². The predicted octanol–water partition coefficient (Wildman–Crippen LogP) is 3.71. The lowest BCUT2D eigenvalue weighted by atomic mass is 10.0. The number of nitrogens with one attached hydrogen (secondary N) is 1. The second-order valence-electron chi connectivity index (χ2n) is 7.03. The summed E-state index contributed by atoms with van der Waals surface area (Å²) in [5.74, 6) is -1.61. The van der Waals surface area contributed by atoms with Crippen molar-refractivity contribution in [3.8, 4) is 5.75 Å². The number of phenolic OH excluding ortho intramolecular Hbond substituents is 1. The van der Waals surface area contributed by atoms with E-state index in [2.05, 4.69) is 20.6 Å². The van der Waals surface area contributed by atoms with Gasteiger partial charge in [-0.3, -0.25) is 14.4 Å². The zero-order chi connectivity index (χ0) is 23.4. The minimum absolute atomic E-state index is 0.00409. The van der Waals surface area contributed by atoms with Crippen molar-refractivity contribution in [3.63, 3.8) is 0 Å². The average Bonchev–Trinajstić information content (AvgIpc) is 3.19. The fourth-order valence-corrected chi connectivity index (χ4v) is 3.29. The number of aldehydes is 1. The van der Waals surface area contributed by atoms with Crippen molar-refractivity contribution in [2.75, 3.05) is 5.32 Å². The number of azo groups is 1. The molecule has 164 valence electrons. The Hall–Kier alpha value is -4.86. The van der Waals surface area contributed by atoms with Crippen molar-refractivity contribution in [2.45, 2.75) is 6.54 Å². The van der Waals surface area contributed by atoms with Gasteiger partial charge in [0.2, 0.25) is 5.91 Å². The van der Waals surface area contributed by atoms with Crippen molar-refractivity contribution in [3.05, 3.63) is 78.0 Å². The van der Waals surface area contributed by atoms with E-state index >= 15 is 0 Å². The van der Waals surface area contributed by atoms with Crippen molar-refractivity contribution in [2.24, 2.45) is 16.0 Å². The summed E-state index contributed by atoms with van der Waals surface area (Å²) in [6.07, 6.45) is 1.74. The maximum atomic E-state index is 13.1. The molecule has 2 amide bonds. The number of fused-ring (bicyclic) bond motifs is 1. The highest BCUT2D eigenvalue weighted by atomic mass is 16.3. The Morgan fingerprint density at radius 2 is 1.82 bits per heavy atom. The van der Waals surface area contributed by atoms with Crippen molar-refractivity contribution in [1.82, 2.24) is 9.78 Å². The topological polar surface area (TPSA) is 152 Å². The van der Waals surface area contributed by atoms with E-state index in [0.717, 1.165) is 4.68 Å². The molecular weight excluding hydrogens is 424 g/mol. The molecule has 0 radical (unpaired) electrons. The quantitative estimate of drug-likeness (QED) is 0.294. The van der Waals surface area contributed by atoms with Crippen molar-refractivity contribution < 1.29 is 19.5 Å². The first kappa shape index (κ1) is 21.4. The first-order chi connectivity index (χ1) is 16.0. The number of phenols is 1. The van der Waals surface area contributed by atoms with Gasteiger partial charge in [0.05, 0.1) is 17.3 Å². The number of para-hydroxylation sites is 1. The Morgan fingerprint density at radius 3 is 2.55 bits per heavy atom. The molecule has 4 N–H and O–H groups in total. The van der Waals surface area contributed by atoms with Gasteiger partial charge in [-0.25, -0.2) is 4.68 Å². The number of hydrogen-bond donors (Lipinski definition) is 3. The fraction of sp³-hybridized carbons (Fsp3) is 0.0435. The van der Waals surface area contributed by atoms with E-state index in [9.17, 15) is 19.5 Å². The van der Waals surface area contributed by atoms with Crippen LogP contribution in [0.4, 0.5) is 17.2 Å². The predicted molar refractivity (Wildman–Crippen MR) is 121 cm³/mol. The zero-order valence-electron chi connectivity index (χ0n) is 17.2. The molecule has 4 rings (SSSR count). The molecular formula is C23H18N6O4. The summed E-state index contributed by atoms with van der Waals surface area (Å²) in [4.78, 5) is 35.7. The Bertz CT molecular complexity index is 1400. The number of benzene rings is 3. The summed E-state index contributed by atoms with van der Waals surface area (Å²) in [6.45, 7) is -0.309. The summed E-state index contributed by atoms with van der Waals surface area (Å²) < 4.78 is 1.12. The molecule has 0 saturated carbocycles. The number of carbonyl (C=O) groups is 3. The number of amides is 2. The number of carbonyl (C=O) groups excluding carboxylic acids is 3. The molecule has 4 aromatic rings. The molecule has 0 unspecified atom stereocenters. The van der Waals surface area contributed by atoms with Crippen LogP contribution in [0.25, 0.3) is 10.8 Å². The molecule has 0 fully saturated rings. The van der Waals surface area contributed by atoms with E-state index in [-0.39, 0.29) is 34.9 Å². The molecule has 10 nitrogen and oxygen atoms in total. The highest BCUT2D eigenvalue weighted by Crippen LogP contribution is 2.38. The van der Waals surface area contributed by atoms with Crippen molar-refractivity contribution >= 4 is 46.1 Å². The second-order valence-corrected chi connectivity index (χ2v) is 7.03. The van der Waals surface area contributed by atoms with Crippen molar-refractivity contribution in [1.29, 1.82) is 0 Å². The van der Waals surface area contributed by atoms with Crippen LogP contribution < -0.4 is 11.1 Å². The minimum atomic E-state index is -0.680. The summed E-state index contributed by atoms with van der Waals surface area (Å²) >= 11 is 0. The third-order valence-corrected chi connectivity index (χ3v) is 4.78. The Morgan fingerprint density at radius 1 is 1.09 bits per heavy atom. The fourth-order valence-electron chi connectivity index (χ4n) is 3.29. The molecule has 3 aromatic carbocycles. The second kappa shape index (κ2) is 9.10. The van der Waals surface area contributed by atoms with E-state index in [1.807, 2.05) is 6.07 Å². The Labute approximate surface area is 187 Å². The van der Waals surface area contributed by atoms with E-state index in [4.69, 9.17) is 5.73 Å². The van der Waals surface area contributed by atoms with Gasteiger partial charge in [0.25, 0.3) is 5.91 Å². The summed E-state index contributed by atoms with van der Waals surface area (Å²) in [6, 6.07) is 17.4. The van der Waals surface area contributed by atoms with Gasteiger partial charge in [-0.05, 0) is 29.0 Å². The summed E-state index contributed by atoms with van der Waals surface area (Å²) in [7, 11) is 0. The van der Waals surface area contributed by atoms with Gasteiger partial charge in [-0.2, -0.15) is 5.10 Å². The highest BCUT2D eigenvalue weighted by Gasteiger charge is 2.20. The Balaban J connectivity index is 1.79. The van der Waals surface area contributed by atoms with E-state index in [1.54, 1.807) is 54.6 Å². The number of aromatic nitrogens is 2. The maximum absolute atomic E-state index is 13.1. The SMILES string of the molecule is NC(=O)Cn1ncc(C=O)c1N=Nc1cc2ccccc2c(C(=O)Nc2ccccc2)c1O. The first-order valence-electron chi connectivity index (χ1n) is 9.80. The van der Waals surface area contributed by atoms with Crippen LogP contribution in [-0.4, -0.2) is 33.0 Å². The van der Waals surface area contributed by atoms with E-state index < -0.39 is 11.8 Å². The van der Waals surface area contributed by atoms with Crippen LogP contribution in [-0.2, 0) is 11.3 Å². The van der Waals surface area contributed by atoms with Gasteiger partial charge in [-0.1, -0.05) is 42.5 Å². The smallest absolute Gasteiger partial charge is 0.260 e. The summed E-state index contributed by atoms with van der Waals surface area (Å²) in [5.41, 5.74) is 5.87. The number of nitrogens with zero attached hydrogens (tertiary/aromatic N) is 4. The number of rotatable bonds is 7. The van der Waals surface area contributed by atoms with Crippen LogP contribution in [0.15, 0.2) is 77.1 Å². The monoisotopic (exact) mass is 442 g/mol. The molecule has 10 heteroatoms. The van der Waals surface area contributed by atoms with E-state index in [0.29, 0.717) is 22.7 Å². The standard InChI is InChI=1S/C23H18N6O4/c24-19(31)12-29-22(15(13-30)11-25-29)28-27-18-10-14-6-4-5-9-17(14)20(21(18)32)23(33)26-16-7-2-1-3-8-16/h1-11,13,32H,12H2,(H2,24,31)(H,26,33). The summed E-state index contributed by atoms with van der Waals surface area (Å²) in [5, 5.41) is 26.8. The minimum Gasteiger partial charge on any atom is -0.505 e. The number of anilines is 1. The largest absolute Gasteiger partial charge is 0.505 e. The van der Waals surface area contributed by atoms with Gasteiger partial charge in [-0.15, -0.1) is 10.2 Å². The van der Waals surface area contributed by atoms with Gasteiger partial charge in [0.15, 0.2) is 17.9 Å². The van der Waals surface area contributed by atoms with Gasteiger partial charge < -0.3 is 16.2 Å². The maximum Gasteiger partial charge on any atom is 0.260 e. The molecule has 33 heavy (non-hydrogen) atoms. The van der Waals surface area contributed by atoms with Crippen LogP contribution in [0.1, 0.15) is 20.7 Å². The molecule has 1 heterocycles. The third-order valence-electron chi connectivity index (χ3n) is 4.78. The molecule has 1 aromatic heterocycles. The molecule has 0 aliphatic heterocycles. The third kappa shape index (κ3) is 4.44. The zero-order valence-corrected chi connectivity index (χ0v) is 17.2. The number of primary amides is 1. The van der Waals surface area contributed by atoms with Gasteiger partial charge in [0.1, 0.15) is 12.2 Å². The molecule has 0 bridgehead atoms. The number of hydrogen-bond acceptors (Lipinski definition) is 7. The Kier molecular flexibility index (Phi) is 5.90. The van der Waals surface area contributed by atoms with Crippen LogP contribution in [0.2, 0.25) is 0 Å². The van der Waals surface area contributed by atoms with Crippen LogP contribution in [0.5, 0.6) is 5.75 Å². The lowest BCUT2D eigenvalue weighted by Crippen LogP contribution is -2.19. The first-order valence-corrected chi connectivity index (χ1v) is 9.80. The number of aromatic hydroxyl groups is 1. The van der Waals surface area contributed by atoms with Crippen LogP contribution >= 0.6 is 0 Å². The molecule has 0 aliphatic carbocycles. The lowest BCUT2D eigenvalue weighted by Gasteiger charge is -2.12. The number of nitrogens with two attached hydrogens (primary N) is 1. The van der Waals surface area contributed by atoms with Crippen LogP contribution in [0, 0.1) is 0 Å².